The van der Waals surface area contributed by atoms with Crippen LogP contribution < -0.4 is 0 Å². The molecule has 3 aromatic rings. The van der Waals surface area contributed by atoms with Gasteiger partial charge in [0.25, 0.3) is 0 Å². The van der Waals surface area contributed by atoms with Gasteiger partial charge in [0.2, 0.25) is 0 Å². The summed E-state index contributed by atoms with van der Waals surface area (Å²) in [6.45, 7) is 2.99. The fraction of sp³-hybridized carbons (Fsp3) is 0.174. The molecule has 0 fully saturated rings. The van der Waals surface area contributed by atoms with E-state index in [4.69, 9.17) is 0 Å². The third-order valence-corrected chi connectivity index (χ3v) is 5.58. The second-order valence-corrected chi connectivity index (χ2v) is 8.95. The smallest absolute Gasteiger partial charge is 0.251 e. The highest BCUT2D eigenvalue weighted by atomic mass is 79.9. The topological polar surface area (TPSA) is 37.6 Å². The number of halogens is 8. The minimum absolute atomic E-state index is 0.196. The number of alkyl halides is 6. The maximum Gasteiger partial charge on any atom is 0.418 e. The van der Waals surface area contributed by atoms with Crippen LogP contribution in [0.1, 0.15) is 36.4 Å². The van der Waals surface area contributed by atoms with Gasteiger partial charge in [0.1, 0.15) is 0 Å². The molecule has 0 amide bonds. The molecule has 0 unspecified atom stereocenters. The van der Waals surface area contributed by atoms with Gasteiger partial charge in [-0.25, -0.2) is 4.98 Å². The zero-order valence-electron chi connectivity index (χ0n) is 17.6. The summed E-state index contributed by atoms with van der Waals surface area (Å²) in [4.78, 5) is 12.5. The zero-order chi connectivity index (χ0) is 25.3. The summed E-state index contributed by atoms with van der Waals surface area (Å²) in [6, 6.07) is 11.9. The Morgan fingerprint density at radius 1 is 0.676 bits per heavy atom. The molecule has 0 N–H and O–H groups in total. The van der Waals surface area contributed by atoms with Crippen molar-refractivity contribution in [1.82, 2.24) is 4.98 Å². The number of hydrogen-bond acceptors (Lipinski definition) is 3. The molecule has 34 heavy (non-hydrogen) atoms. The van der Waals surface area contributed by atoms with E-state index in [1.165, 1.54) is 38.1 Å². The number of benzene rings is 2. The SMILES string of the molecule is CC(=Nc1ccc(Br)cc1C(F)(F)F)c1cccc(C(C)=Nc2ccc(Br)cc2C(F)(F)F)n1. The molecule has 1 aromatic heterocycles. The van der Waals surface area contributed by atoms with Gasteiger partial charge in [0.05, 0.1) is 45.3 Å². The molecular weight excluding hydrogens is 592 g/mol. The van der Waals surface area contributed by atoms with E-state index in [-0.39, 0.29) is 43.1 Å². The summed E-state index contributed by atoms with van der Waals surface area (Å²) in [5, 5.41) is 0. The van der Waals surface area contributed by atoms with Crippen molar-refractivity contribution in [3.05, 3.63) is 86.1 Å². The van der Waals surface area contributed by atoms with Crippen LogP contribution in [0, 0.1) is 0 Å². The van der Waals surface area contributed by atoms with Gasteiger partial charge >= 0.3 is 12.4 Å². The molecule has 0 aliphatic heterocycles. The van der Waals surface area contributed by atoms with Gasteiger partial charge in [-0.3, -0.25) is 9.98 Å². The second kappa shape index (κ2) is 9.99. The van der Waals surface area contributed by atoms with Gasteiger partial charge in [0, 0.05) is 8.95 Å². The van der Waals surface area contributed by atoms with E-state index in [0.717, 1.165) is 12.1 Å². The van der Waals surface area contributed by atoms with Crippen molar-refractivity contribution in [2.75, 3.05) is 0 Å². The van der Waals surface area contributed by atoms with Crippen molar-refractivity contribution in [3.63, 3.8) is 0 Å². The summed E-state index contributed by atoms with van der Waals surface area (Å²) < 4.78 is 80.9. The lowest BCUT2D eigenvalue weighted by atomic mass is 10.1. The standard InChI is InChI=1S/C23H15Br2F6N3/c1-12(32-20-8-6-14(24)10-16(20)22(26,27)28)18-4-3-5-19(34-18)13(2)33-21-9-7-15(25)11-17(21)23(29,30)31/h3-11H,1-2H3. The molecule has 0 spiro atoms. The van der Waals surface area contributed by atoms with Crippen LogP contribution in [0.4, 0.5) is 37.7 Å². The fourth-order valence-electron chi connectivity index (χ4n) is 2.98. The lowest BCUT2D eigenvalue weighted by molar-refractivity contribution is -0.137. The average Bonchev–Trinajstić information content (AvgIpc) is 2.74. The molecule has 0 aliphatic carbocycles. The first-order valence-electron chi connectivity index (χ1n) is 9.57. The number of aromatic nitrogens is 1. The van der Waals surface area contributed by atoms with Crippen LogP contribution >= 0.6 is 31.9 Å². The number of pyridine rings is 1. The molecule has 1 heterocycles. The van der Waals surface area contributed by atoms with Gasteiger partial charge < -0.3 is 0 Å². The maximum atomic E-state index is 13.4. The van der Waals surface area contributed by atoms with E-state index < -0.39 is 23.5 Å². The van der Waals surface area contributed by atoms with E-state index in [9.17, 15) is 26.3 Å². The maximum absolute atomic E-state index is 13.4. The number of nitrogens with zero attached hydrogens (tertiary/aromatic N) is 3. The van der Waals surface area contributed by atoms with Crippen LogP contribution in [0.2, 0.25) is 0 Å². The third kappa shape index (κ3) is 6.32. The predicted molar refractivity (Wildman–Crippen MR) is 126 cm³/mol. The minimum atomic E-state index is -4.61. The molecule has 2 aromatic carbocycles. The summed E-state index contributed by atoms with van der Waals surface area (Å²) in [5.74, 6) is 0. The quantitative estimate of drug-likeness (QED) is 0.216. The monoisotopic (exact) mass is 605 g/mol. The van der Waals surface area contributed by atoms with Crippen LogP contribution in [0.15, 0.2) is 73.5 Å². The van der Waals surface area contributed by atoms with Crippen LogP contribution in [-0.4, -0.2) is 16.4 Å². The largest absolute Gasteiger partial charge is 0.418 e. The molecule has 178 valence electrons. The Morgan fingerprint density at radius 2 is 1.06 bits per heavy atom. The molecule has 0 radical (unpaired) electrons. The predicted octanol–water partition coefficient (Wildman–Crippen LogP) is 8.93. The van der Waals surface area contributed by atoms with E-state index in [0.29, 0.717) is 0 Å². The first-order chi connectivity index (χ1) is 15.8. The van der Waals surface area contributed by atoms with Gasteiger partial charge in [-0.2, -0.15) is 26.3 Å². The highest BCUT2D eigenvalue weighted by Gasteiger charge is 2.34. The first-order valence-corrected chi connectivity index (χ1v) is 11.2. The lowest BCUT2D eigenvalue weighted by Gasteiger charge is -2.12. The third-order valence-electron chi connectivity index (χ3n) is 4.59. The summed E-state index contributed by atoms with van der Waals surface area (Å²) in [7, 11) is 0. The zero-order valence-corrected chi connectivity index (χ0v) is 20.7. The highest BCUT2D eigenvalue weighted by Crippen LogP contribution is 2.39. The van der Waals surface area contributed by atoms with Gasteiger partial charge in [-0.05, 0) is 62.4 Å². The van der Waals surface area contributed by atoms with Crippen LogP contribution in [0.5, 0.6) is 0 Å². The normalized spacial score (nSPS) is 13.4. The average molecular weight is 607 g/mol. The summed E-state index contributed by atoms with van der Waals surface area (Å²) in [6.07, 6.45) is -9.22. The fourth-order valence-corrected chi connectivity index (χ4v) is 3.70. The van der Waals surface area contributed by atoms with Crippen LogP contribution in [0.25, 0.3) is 0 Å². The molecule has 3 nitrogen and oxygen atoms in total. The Balaban J connectivity index is 2.01. The Labute approximate surface area is 207 Å². The molecule has 0 bridgehead atoms. The van der Waals surface area contributed by atoms with E-state index >= 15 is 0 Å². The highest BCUT2D eigenvalue weighted by molar-refractivity contribution is 9.10. The lowest BCUT2D eigenvalue weighted by Crippen LogP contribution is -2.08. The molecule has 0 aliphatic rings. The molecular formula is C23H15Br2F6N3. The molecule has 11 heteroatoms. The molecule has 0 saturated heterocycles. The van der Waals surface area contributed by atoms with Crippen molar-refractivity contribution in [1.29, 1.82) is 0 Å². The van der Waals surface area contributed by atoms with Crippen LogP contribution in [0.3, 0.4) is 0 Å². The Morgan fingerprint density at radius 3 is 1.41 bits per heavy atom. The Bertz CT molecular complexity index is 1190. The number of rotatable bonds is 4. The van der Waals surface area contributed by atoms with E-state index in [1.807, 2.05) is 0 Å². The van der Waals surface area contributed by atoms with E-state index in [2.05, 4.69) is 46.8 Å². The van der Waals surface area contributed by atoms with Gasteiger partial charge in [-0.1, -0.05) is 37.9 Å². The summed E-state index contributed by atoms with van der Waals surface area (Å²) >= 11 is 6.05. The second-order valence-electron chi connectivity index (χ2n) is 7.12. The van der Waals surface area contributed by atoms with Crippen molar-refractivity contribution in [2.24, 2.45) is 9.98 Å². The first kappa shape index (κ1) is 26.1. The molecule has 0 atom stereocenters. The molecule has 0 saturated carbocycles. The van der Waals surface area contributed by atoms with Gasteiger partial charge in [-0.15, -0.1) is 0 Å². The van der Waals surface area contributed by atoms with E-state index in [1.54, 1.807) is 18.2 Å². The molecule has 3 rings (SSSR count). The summed E-state index contributed by atoms with van der Waals surface area (Å²) in [5.41, 5.74) is -1.48. The Hall–Kier alpha value is -2.53. The van der Waals surface area contributed by atoms with Crippen molar-refractivity contribution >= 4 is 54.7 Å². The number of hydrogen-bond donors (Lipinski definition) is 0. The van der Waals surface area contributed by atoms with Crippen molar-refractivity contribution < 1.29 is 26.3 Å². The number of aliphatic imine (C=N–C) groups is 2. The van der Waals surface area contributed by atoms with Crippen molar-refractivity contribution in [3.8, 4) is 0 Å². The Kier molecular flexibility index (Phi) is 7.66. The van der Waals surface area contributed by atoms with Gasteiger partial charge in [0.15, 0.2) is 0 Å². The van der Waals surface area contributed by atoms with Crippen molar-refractivity contribution in [2.45, 2.75) is 26.2 Å². The van der Waals surface area contributed by atoms with Crippen LogP contribution in [-0.2, 0) is 12.4 Å². The minimum Gasteiger partial charge on any atom is -0.251 e.